The first-order valence-electron chi connectivity index (χ1n) is 7.26. The van der Waals surface area contributed by atoms with Crippen molar-refractivity contribution < 1.29 is 14.3 Å². The Morgan fingerprint density at radius 3 is 2.87 bits per heavy atom. The van der Waals surface area contributed by atoms with Crippen LogP contribution in [-0.2, 0) is 11.3 Å². The Morgan fingerprint density at radius 2 is 2.22 bits per heavy atom. The maximum absolute atomic E-state index is 12.3. The number of thioether (sulfide) groups is 1. The van der Waals surface area contributed by atoms with E-state index in [1.165, 1.54) is 0 Å². The fourth-order valence-corrected chi connectivity index (χ4v) is 3.89. The van der Waals surface area contributed by atoms with Gasteiger partial charge in [0.15, 0.2) is 0 Å². The monoisotopic (exact) mass is 333 g/mol. The summed E-state index contributed by atoms with van der Waals surface area (Å²) in [4.78, 5) is 21.6. The molecule has 1 aromatic heterocycles. The van der Waals surface area contributed by atoms with E-state index in [1.807, 2.05) is 30.0 Å². The number of H-pyrrole nitrogens is 1. The van der Waals surface area contributed by atoms with Crippen molar-refractivity contribution in [1.82, 2.24) is 14.9 Å². The summed E-state index contributed by atoms with van der Waals surface area (Å²) in [5, 5.41) is -0.0790. The van der Waals surface area contributed by atoms with Crippen LogP contribution in [0.15, 0.2) is 24.5 Å². The van der Waals surface area contributed by atoms with E-state index >= 15 is 0 Å². The summed E-state index contributed by atoms with van der Waals surface area (Å²) < 4.78 is 10.7. The number of hydrogen-bond acceptors (Lipinski definition) is 5. The quantitative estimate of drug-likeness (QED) is 0.910. The highest BCUT2D eigenvalue weighted by atomic mass is 32.2. The Bertz CT molecular complexity index is 716. The van der Waals surface area contributed by atoms with Crippen LogP contribution in [0, 0.1) is 6.92 Å². The van der Waals surface area contributed by atoms with E-state index in [2.05, 4.69) is 9.97 Å². The molecule has 0 aliphatic carbocycles. The summed E-state index contributed by atoms with van der Waals surface area (Å²) in [5.74, 6) is 2.05. The highest BCUT2D eigenvalue weighted by Crippen LogP contribution is 2.40. The van der Waals surface area contributed by atoms with Gasteiger partial charge in [0.25, 0.3) is 0 Å². The van der Waals surface area contributed by atoms with Gasteiger partial charge in [0.05, 0.1) is 38.5 Å². The third kappa shape index (κ3) is 3.01. The van der Waals surface area contributed by atoms with Crippen molar-refractivity contribution in [3.05, 3.63) is 41.5 Å². The lowest BCUT2D eigenvalue weighted by Gasteiger charge is -2.24. The summed E-state index contributed by atoms with van der Waals surface area (Å²) in [6, 6.07) is 5.61. The number of carbonyl (C=O) groups excluding carboxylic acids is 1. The number of rotatable bonds is 5. The normalized spacial score (nSPS) is 17.6. The van der Waals surface area contributed by atoms with Gasteiger partial charge in [0.2, 0.25) is 5.91 Å². The second-order valence-electron chi connectivity index (χ2n) is 5.28. The van der Waals surface area contributed by atoms with Gasteiger partial charge in [-0.15, -0.1) is 11.8 Å². The standard InChI is InChI=1S/C16H19N3O3S/c1-10-15(18-9-17-10)16-19(14(20)8-23-16)7-11-6-12(21-2)4-5-13(11)22-3/h4-6,9,16H,7-8H2,1-3H3,(H,17,18). The van der Waals surface area contributed by atoms with Gasteiger partial charge in [0.1, 0.15) is 16.9 Å². The molecule has 23 heavy (non-hydrogen) atoms. The van der Waals surface area contributed by atoms with Crippen LogP contribution >= 0.6 is 11.8 Å². The molecule has 1 fully saturated rings. The number of benzene rings is 1. The predicted octanol–water partition coefficient (Wildman–Crippen LogP) is 2.51. The lowest BCUT2D eigenvalue weighted by molar-refractivity contribution is -0.128. The van der Waals surface area contributed by atoms with Gasteiger partial charge in [-0.05, 0) is 25.1 Å². The number of aromatic amines is 1. The van der Waals surface area contributed by atoms with Crippen molar-refractivity contribution in [1.29, 1.82) is 0 Å². The molecule has 1 aliphatic rings. The number of methoxy groups -OCH3 is 2. The first kappa shape index (κ1) is 15.7. The van der Waals surface area contributed by atoms with E-state index in [0.717, 1.165) is 28.5 Å². The van der Waals surface area contributed by atoms with E-state index in [9.17, 15) is 4.79 Å². The van der Waals surface area contributed by atoms with Gasteiger partial charge in [-0.25, -0.2) is 4.98 Å². The number of carbonyl (C=O) groups is 1. The molecule has 1 aliphatic heterocycles. The first-order chi connectivity index (χ1) is 11.1. The third-order valence-electron chi connectivity index (χ3n) is 3.90. The minimum Gasteiger partial charge on any atom is -0.497 e. The van der Waals surface area contributed by atoms with Crippen molar-refractivity contribution in [2.45, 2.75) is 18.8 Å². The number of nitrogens with one attached hydrogen (secondary N) is 1. The second kappa shape index (κ2) is 6.54. The topological polar surface area (TPSA) is 67.5 Å². The molecule has 0 spiro atoms. The summed E-state index contributed by atoms with van der Waals surface area (Å²) >= 11 is 1.59. The molecular formula is C16H19N3O3S. The lowest BCUT2D eigenvalue weighted by atomic mass is 10.1. The van der Waals surface area contributed by atoms with Crippen LogP contribution in [0.3, 0.4) is 0 Å². The number of imidazole rings is 1. The molecule has 1 aromatic carbocycles. The van der Waals surface area contributed by atoms with E-state index in [4.69, 9.17) is 9.47 Å². The summed E-state index contributed by atoms with van der Waals surface area (Å²) in [5.41, 5.74) is 2.81. The van der Waals surface area contributed by atoms with Gasteiger partial charge >= 0.3 is 0 Å². The van der Waals surface area contributed by atoms with Crippen LogP contribution < -0.4 is 9.47 Å². The molecular weight excluding hydrogens is 314 g/mol. The smallest absolute Gasteiger partial charge is 0.234 e. The molecule has 1 saturated heterocycles. The molecule has 3 rings (SSSR count). The van der Waals surface area contributed by atoms with Gasteiger partial charge < -0.3 is 19.4 Å². The van der Waals surface area contributed by atoms with E-state index in [1.54, 1.807) is 32.3 Å². The maximum Gasteiger partial charge on any atom is 0.234 e. The third-order valence-corrected chi connectivity index (χ3v) is 5.11. The van der Waals surface area contributed by atoms with Gasteiger partial charge in [-0.1, -0.05) is 0 Å². The SMILES string of the molecule is COc1ccc(OC)c(CN2C(=O)CSC2c2nc[nH]c2C)c1. The van der Waals surface area contributed by atoms with Gasteiger partial charge in [0, 0.05) is 11.3 Å². The fraction of sp³-hybridized carbons (Fsp3) is 0.375. The van der Waals surface area contributed by atoms with Crippen molar-refractivity contribution in [2.24, 2.45) is 0 Å². The average molecular weight is 333 g/mol. The summed E-state index contributed by atoms with van der Waals surface area (Å²) in [6.45, 7) is 2.43. The molecule has 2 heterocycles. The number of ether oxygens (including phenoxy) is 2. The Hall–Kier alpha value is -2.15. The number of nitrogens with zero attached hydrogens (tertiary/aromatic N) is 2. The minimum absolute atomic E-state index is 0.0790. The molecule has 6 nitrogen and oxygen atoms in total. The molecule has 1 N–H and O–H groups in total. The Balaban J connectivity index is 1.91. The Labute approximate surface area is 139 Å². The second-order valence-corrected chi connectivity index (χ2v) is 6.34. The van der Waals surface area contributed by atoms with Crippen LogP contribution in [0.1, 0.15) is 22.3 Å². The largest absolute Gasteiger partial charge is 0.497 e. The van der Waals surface area contributed by atoms with E-state index < -0.39 is 0 Å². The van der Waals surface area contributed by atoms with Crippen molar-refractivity contribution >= 4 is 17.7 Å². The van der Waals surface area contributed by atoms with Crippen molar-refractivity contribution in [3.63, 3.8) is 0 Å². The van der Waals surface area contributed by atoms with Crippen LogP contribution in [-0.4, -0.2) is 40.7 Å². The van der Waals surface area contributed by atoms with Crippen LogP contribution in [0.5, 0.6) is 11.5 Å². The molecule has 1 amide bonds. The molecule has 122 valence electrons. The minimum atomic E-state index is -0.0790. The molecule has 2 aromatic rings. The molecule has 0 radical (unpaired) electrons. The number of aryl methyl sites for hydroxylation is 1. The van der Waals surface area contributed by atoms with Gasteiger partial charge in [-0.3, -0.25) is 4.79 Å². The van der Waals surface area contributed by atoms with Crippen LogP contribution in [0.4, 0.5) is 0 Å². The zero-order chi connectivity index (χ0) is 16.4. The highest BCUT2D eigenvalue weighted by Gasteiger charge is 2.35. The van der Waals surface area contributed by atoms with Crippen molar-refractivity contribution in [2.75, 3.05) is 20.0 Å². The molecule has 7 heteroatoms. The first-order valence-corrected chi connectivity index (χ1v) is 8.30. The molecule has 0 saturated carbocycles. The molecule has 1 atom stereocenters. The fourth-order valence-electron chi connectivity index (χ4n) is 2.66. The predicted molar refractivity (Wildman–Crippen MR) is 88.6 cm³/mol. The highest BCUT2D eigenvalue weighted by molar-refractivity contribution is 8.00. The van der Waals surface area contributed by atoms with Crippen LogP contribution in [0.2, 0.25) is 0 Å². The van der Waals surface area contributed by atoms with Crippen molar-refractivity contribution in [3.8, 4) is 11.5 Å². The average Bonchev–Trinajstić information content (AvgIpc) is 3.13. The molecule has 0 bridgehead atoms. The van der Waals surface area contributed by atoms with Crippen LogP contribution in [0.25, 0.3) is 0 Å². The zero-order valence-electron chi connectivity index (χ0n) is 13.3. The Kier molecular flexibility index (Phi) is 4.47. The number of amides is 1. The van der Waals surface area contributed by atoms with E-state index in [0.29, 0.717) is 12.3 Å². The lowest BCUT2D eigenvalue weighted by Crippen LogP contribution is -2.28. The van der Waals surface area contributed by atoms with E-state index in [-0.39, 0.29) is 11.3 Å². The maximum atomic E-state index is 12.3. The number of aromatic nitrogens is 2. The zero-order valence-corrected chi connectivity index (χ0v) is 14.1. The summed E-state index contributed by atoms with van der Waals surface area (Å²) in [7, 11) is 3.25. The summed E-state index contributed by atoms with van der Waals surface area (Å²) in [6.07, 6.45) is 1.67. The van der Waals surface area contributed by atoms with Gasteiger partial charge in [-0.2, -0.15) is 0 Å². The Morgan fingerprint density at radius 1 is 1.39 bits per heavy atom. The molecule has 1 unspecified atom stereocenters. The number of hydrogen-bond donors (Lipinski definition) is 1.